The van der Waals surface area contributed by atoms with Gasteiger partial charge in [0.15, 0.2) is 0 Å². The third-order valence-electron chi connectivity index (χ3n) is 6.50. The maximum atomic E-state index is 12.5. The second-order valence-electron chi connectivity index (χ2n) is 8.64. The van der Waals surface area contributed by atoms with E-state index in [1.165, 1.54) is 24.9 Å². The molecule has 1 atom stereocenters. The van der Waals surface area contributed by atoms with E-state index < -0.39 is 0 Å². The van der Waals surface area contributed by atoms with E-state index in [2.05, 4.69) is 56.7 Å². The molecule has 1 spiro atoms. The summed E-state index contributed by atoms with van der Waals surface area (Å²) in [6, 6.07) is 10.4. The van der Waals surface area contributed by atoms with Crippen molar-refractivity contribution in [3.8, 4) is 0 Å². The molecule has 150 valence electrons. The van der Waals surface area contributed by atoms with Crippen molar-refractivity contribution < 1.29 is 4.79 Å². The first-order chi connectivity index (χ1) is 13.6. The van der Waals surface area contributed by atoms with Crippen LogP contribution in [0.15, 0.2) is 42.7 Å². The number of imidazole rings is 1. The number of nitrogens with zero attached hydrogens (tertiary/aromatic N) is 4. The highest BCUT2D eigenvalue weighted by Crippen LogP contribution is 2.39. The fraction of sp³-hybridized carbons (Fsp3) is 0.565. The molecule has 2 aliphatic rings. The highest BCUT2D eigenvalue weighted by atomic mass is 16.2. The molecule has 0 aliphatic carbocycles. The van der Waals surface area contributed by atoms with Gasteiger partial charge in [-0.1, -0.05) is 30.3 Å². The van der Waals surface area contributed by atoms with Gasteiger partial charge in [-0.3, -0.25) is 4.79 Å². The van der Waals surface area contributed by atoms with Crippen molar-refractivity contribution in [3.63, 3.8) is 0 Å². The van der Waals surface area contributed by atoms with Gasteiger partial charge in [-0.05, 0) is 51.3 Å². The molecule has 5 nitrogen and oxygen atoms in total. The highest BCUT2D eigenvalue weighted by Gasteiger charge is 2.41. The first kappa shape index (κ1) is 19.2. The molecule has 5 heteroatoms. The SMILES string of the molecule is Cc1nccn1CCCN1CCCC2(CCC(=O)N(Cc3ccccc3)C2)C1. The van der Waals surface area contributed by atoms with Crippen molar-refractivity contribution in [3.05, 3.63) is 54.1 Å². The first-order valence-corrected chi connectivity index (χ1v) is 10.7. The van der Waals surface area contributed by atoms with E-state index in [1.54, 1.807) is 0 Å². The second kappa shape index (κ2) is 8.48. The lowest BCUT2D eigenvalue weighted by molar-refractivity contribution is -0.140. The van der Waals surface area contributed by atoms with Crippen LogP contribution in [0.2, 0.25) is 0 Å². The Kier molecular flexibility index (Phi) is 5.81. The summed E-state index contributed by atoms with van der Waals surface area (Å²) in [4.78, 5) is 21.6. The van der Waals surface area contributed by atoms with Crippen LogP contribution in [0.4, 0.5) is 0 Å². The van der Waals surface area contributed by atoms with Crippen LogP contribution < -0.4 is 0 Å². The fourth-order valence-electron chi connectivity index (χ4n) is 4.99. The van der Waals surface area contributed by atoms with E-state index in [0.717, 1.165) is 51.4 Å². The average molecular weight is 381 g/mol. The molecule has 2 aliphatic heterocycles. The zero-order chi connectivity index (χ0) is 19.4. The monoisotopic (exact) mass is 380 g/mol. The topological polar surface area (TPSA) is 41.4 Å². The summed E-state index contributed by atoms with van der Waals surface area (Å²) in [5.74, 6) is 1.42. The molecule has 0 N–H and O–H groups in total. The van der Waals surface area contributed by atoms with Gasteiger partial charge in [0.05, 0.1) is 0 Å². The molecule has 1 aromatic carbocycles. The Balaban J connectivity index is 1.34. The average Bonchev–Trinajstić information content (AvgIpc) is 3.11. The smallest absolute Gasteiger partial charge is 0.222 e. The number of aromatic nitrogens is 2. The molecule has 0 bridgehead atoms. The normalized spacial score (nSPS) is 23.5. The number of likely N-dealkylation sites (tertiary alicyclic amines) is 2. The third kappa shape index (κ3) is 4.46. The van der Waals surface area contributed by atoms with Gasteiger partial charge in [-0.15, -0.1) is 0 Å². The van der Waals surface area contributed by atoms with Crippen LogP contribution in [0.3, 0.4) is 0 Å². The van der Waals surface area contributed by atoms with E-state index in [4.69, 9.17) is 0 Å². The zero-order valence-electron chi connectivity index (χ0n) is 17.0. The molecular weight excluding hydrogens is 348 g/mol. The molecule has 28 heavy (non-hydrogen) atoms. The minimum absolute atomic E-state index is 0.284. The Morgan fingerprint density at radius 3 is 2.75 bits per heavy atom. The van der Waals surface area contributed by atoms with Crippen molar-refractivity contribution in [2.45, 2.75) is 52.1 Å². The van der Waals surface area contributed by atoms with Crippen LogP contribution >= 0.6 is 0 Å². The van der Waals surface area contributed by atoms with Crippen molar-refractivity contribution >= 4 is 5.91 Å². The van der Waals surface area contributed by atoms with Crippen LogP contribution in [-0.4, -0.2) is 51.4 Å². The van der Waals surface area contributed by atoms with Crippen molar-refractivity contribution in [2.75, 3.05) is 26.2 Å². The Labute approximate surface area is 168 Å². The number of piperidine rings is 2. The Hall–Kier alpha value is -2.14. The van der Waals surface area contributed by atoms with Crippen molar-refractivity contribution in [2.24, 2.45) is 5.41 Å². The highest BCUT2D eigenvalue weighted by molar-refractivity contribution is 5.77. The minimum Gasteiger partial charge on any atom is -0.338 e. The number of carbonyl (C=O) groups excluding carboxylic acids is 1. The Morgan fingerprint density at radius 2 is 1.96 bits per heavy atom. The van der Waals surface area contributed by atoms with Crippen molar-refractivity contribution in [1.82, 2.24) is 19.4 Å². The zero-order valence-corrected chi connectivity index (χ0v) is 17.0. The van der Waals surface area contributed by atoms with Crippen LogP contribution in [0.25, 0.3) is 0 Å². The molecule has 1 aromatic heterocycles. The van der Waals surface area contributed by atoms with E-state index >= 15 is 0 Å². The molecule has 3 heterocycles. The van der Waals surface area contributed by atoms with Gasteiger partial charge in [0.25, 0.3) is 0 Å². The predicted octanol–water partition coefficient (Wildman–Crippen LogP) is 3.49. The molecule has 2 aromatic rings. The fourth-order valence-corrected chi connectivity index (χ4v) is 4.99. The van der Waals surface area contributed by atoms with Crippen LogP contribution in [0.1, 0.15) is 43.5 Å². The second-order valence-corrected chi connectivity index (χ2v) is 8.64. The lowest BCUT2D eigenvalue weighted by atomic mass is 9.73. The van der Waals surface area contributed by atoms with Gasteiger partial charge in [0.2, 0.25) is 5.91 Å². The molecule has 0 saturated carbocycles. The van der Waals surface area contributed by atoms with Crippen LogP contribution in [0.5, 0.6) is 0 Å². The van der Waals surface area contributed by atoms with Crippen molar-refractivity contribution in [1.29, 1.82) is 0 Å². The maximum absolute atomic E-state index is 12.5. The maximum Gasteiger partial charge on any atom is 0.222 e. The van der Waals surface area contributed by atoms with E-state index in [1.807, 2.05) is 12.3 Å². The van der Waals surface area contributed by atoms with Crippen LogP contribution in [-0.2, 0) is 17.9 Å². The van der Waals surface area contributed by atoms with E-state index in [9.17, 15) is 4.79 Å². The lowest BCUT2D eigenvalue weighted by Gasteiger charge is -2.48. The van der Waals surface area contributed by atoms with Gasteiger partial charge in [-0.2, -0.15) is 0 Å². The predicted molar refractivity (Wildman–Crippen MR) is 111 cm³/mol. The molecule has 0 radical (unpaired) electrons. The summed E-state index contributed by atoms with van der Waals surface area (Å²) in [6.45, 7) is 8.22. The van der Waals surface area contributed by atoms with Crippen LogP contribution in [0, 0.1) is 12.3 Å². The number of benzene rings is 1. The molecule has 4 rings (SSSR count). The number of rotatable bonds is 6. The van der Waals surface area contributed by atoms with Gasteiger partial charge in [0.1, 0.15) is 5.82 Å². The Morgan fingerprint density at radius 1 is 1.11 bits per heavy atom. The quantitative estimate of drug-likeness (QED) is 0.770. The summed E-state index contributed by atoms with van der Waals surface area (Å²) < 4.78 is 2.24. The Bertz CT molecular complexity index is 787. The summed E-state index contributed by atoms with van der Waals surface area (Å²) >= 11 is 0. The summed E-state index contributed by atoms with van der Waals surface area (Å²) in [7, 11) is 0. The molecular formula is C23H32N4O. The number of amides is 1. The molecule has 1 amide bonds. The molecule has 2 fully saturated rings. The molecule has 2 saturated heterocycles. The summed E-state index contributed by atoms with van der Waals surface area (Å²) in [6.07, 6.45) is 9.36. The standard InChI is InChI=1S/C23H32N4O/c1-20-24-12-16-26(20)15-6-14-25-13-5-10-23(18-25)11-9-22(28)27(19-23)17-21-7-3-2-4-8-21/h2-4,7-8,12,16H,5-6,9-11,13-15,17-19H2,1H3. The third-order valence-corrected chi connectivity index (χ3v) is 6.50. The number of aryl methyl sites for hydroxylation is 2. The van der Waals surface area contributed by atoms with E-state index in [-0.39, 0.29) is 5.41 Å². The summed E-state index contributed by atoms with van der Waals surface area (Å²) in [5.41, 5.74) is 1.52. The lowest BCUT2D eigenvalue weighted by Crippen LogP contribution is -2.53. The number of hydrogen-bond acceptors (Lipinski definition) is 3. The molecule has 1 unspecified atom stereocenters. The summed E-state index contributed by atoms with van der Waals surface area (Å²) in [5, 5.41) is 0. The van der Waals surface area contributed by atoms with Gasteiger partial charge in [-0.25, -0.2) is 4.98 Å². The first-order valence-electron chi connectivity index (χ1n) is 10.7. The number of hydrogen-bond donors (Lipinski definition) is 0. The van der Waals surface area contributed by atoms with E-state index in [0.29, 0.717) is 12.3 Å². The van der Waals surface area contributed by atoms with Gasteiger partial charge in [0, 0.05) is 50.4 Å². The van der Waals surface area contributed by atoms with Gasteiger partial charge >= 0.3 is 0 Å². The number of carbonyl (C=O) groups is 1. The minimum atomic E-state index is 0.284. The van der Waals surface area contributed by atoms with Gasteiger partial charge < -0.3 is 14.4 Å². The largest absolute Gasteiger partial charge is 0.338 e.